The van der Waals surface area contributed by atoms with E-state index in [1.54, 1.807) is 20.8 Å². The van der Waals surface area contributed by atoms with Crippen LogP contribution in [0.2, 0.25) is 0 Å². The van der Waals surface area contributed by atoms with Gasteiger partial charge in [0.05, 0.1) is 6.61 Å². The number of nitrogens with zero attached hydrogens (tertiary/aromatic N) is 1. The zero-order valence-electron chi connectivity index (χ0n) is 10.8. The number of carbonyl (C=O) groups is 1. The second-order valence-corrected chi connectivity index (χ2v) is 3.97. The molecule has 5 nitrogen and oxygen atoms in total. The van der Waals surface area contributed by atoms with E-state index < -0.39 is 0 Å². The van der Waals surface area contributed by atoms with Gasteiger partial charge in [-0.2, -0.15) is 5.26 Å². The largest absolute Gasteiger partial charge is 0.466 e. The van der Waals surface area contributed by atoms with Gasteiger partial charge in [0.15, 0.2) is 0 Å². The third kappa shape index (κ3) is 2.98. The Balaban J connectivity index is 3.00. The molecular formula is C13H16N2O3. The molecule has 0 atom stereocenters. The van der Waals surface area contributed by atoms with Gasteiger partial charge in [0.25, 0.3) is 5.56 Å². The number of pyridine rings is 1. The summed E-state index contributed by atoms with van der Waals surface area (Å²) in [6, 6.07) is 1.88. The van der Waals surface area contributed by atoms with Gasteiger partial charge in [0.2, 0.25) is 0 Å². The molecule has 0 aliphatic heterocycles. The maximum atomic E-state index is 11.5. The van der Waals surface area contributed by atoms with Crippen LogP contribution in [0, 0.1) is 25.2 Å². The number of hydrogen-bond donors (Lipinski definition) is 1. The van der Waals surface area contributed by atoms with Crippen molar-refractivity contribution in [3.8, 4) is 6.07 Å². The Bertz CT molecular complexity index is 553. The first-order chi connectivity index (χ1) is 8.51. The molecular weight excluding hydrogens is 232 g/mol. The lowest BCUT2D eigenvalue weighted by atomic mass is 9.99. The van der Waals surface area contributed by atoms with Crippen molar-refractivity contribution >= 4 is 5.97 Å². The topological polar surface area (TPSA) is 83.0 Å². The highest BCUT2D eigenvalue weighted by Gasteiger charge is 2.13. The molecule has 1 N–H and O–H groups in total. The van der Waals surface area contributed by atoms with Crippen LogP contribution in [0.1, 0.15) is 35.7 Å². The highest BCUT2D eigenvalue weighted by atomic mass is 16.5. The average molecular weight is 248 g/mol. The van der Waals surface area contributed by atoms with Crippen LogP contribution in [0.3, 0.4) is 0 Å². The van der Waals surface area contributed by atoms with Crippen molar-refractivity contribution in [1.82, 2.24) is 4.98 Å². The van der Waals surface area contributed by atoms with Crippen molar-refractivity contribution in [2.75, 3.05) is 6.61 Å². The van der Waals surface area contributed by atoms with Crippen LogP contribution in [0.25, 0.3) is 0 Å². The van der Waals surface area contributed by atoms with E-state index in [2.05, 4.69) is 4.98 Å². The van der Waals surface area contributed by atoms with E-state index in [0.717, 1.165) is 5.56 Å². The van der Waals surface area contributed by atoms with Crippen molar-refractivity contribution in [2.45, 2.75) is 33.6 Å². The fourth-order valence-electron chi connectivity index (χ4n) is 1.88. The van der Waals surface area contributed by atoms with Gasteiger partial charge >= 0.3 is 5.97 Å². The van der Waals surface area contributed by atoms with Crippen molar-refractivity contribution in [2.24, 2.45) is 0 Å². The van der Waals surface area contributed by atoms with Crippen molar-refractivity contribution < 1.29 is 9.53 Å². The van der Waals surface area contributed by atoms with E-state index >= 15 is 0 Å². The number of hydrogen-bond acceptors (Lipinski definition) is 4. The lowest BCUT2D eigenvalue weighted by Gasteiger charge is -2.10. The molecule has 0 aromatic carbocycles. The molecule has 0 amide bonds. The molecule has 1 aromatic heterocycles. The summed E-state index contributed by atoms with van der Waals surface area (Å²) in [5, 5.41) is 8.91. The third-order valence-corrected chi connectivity index (χ3v) is 2.80. The Morgan fingerprint density at radius 2 is 2.11 bits per heavy atom. The SMILES string of the molecule is CCOC(=O)CCc1c(C)[nH]c(=O)c(C#N)c1C. The standard InChI is InChI=1S/C13H16N2O3/c1-4-18-12(16)6-5-10-8(2)11(7-14)13(17)15-9(10)3/h4-6H2,1-3H3,(H,15,17). The molecule has 1 aromatic rings. The Morgan fingerprint density at radius 1 is 1.44 bits per heavy atom. The normalized spacial score (nSPS) is 9.89. The fraction of sp³-hybridized carbons (Fsp3) is 0.462. The quantitative estimate of drug-likeness (QED) is 0.815. The van der Waals surface area contributed by atoms with E-state index in [0.29, 0.717) is 24.3 Å². The highest BCUT2D eigenvalue weighted by molar-refractivity contribution is 5.69. The first kappa shape index (κ1) is 14.0. The number of ether oxygens (including phenoxy) is 1. The zero-order chi connectivity index (χ0) is 13.7. The number of rotatable bonds is 4. The minimum Gasteiger partial charge on any atom is -0.466 e. The Morgan fingerprint density at radius 3 is 2.67 bits per heavy atom. The minimum absolute atomic E-state index is 0.111. The number of carbonyl (C=O) groups excluding carboxylic acids is 1. The molecule has 18 heavy (non-hydrogen) atoms. The van der Waals surface area contributed by atoms with E-state index in [-0.39, 0.29) is 23.5 Å². The van der Waals surface area contributed by atoms with Gasteiger partial charge in [-0.15, -0.1) is 0 Å². The number of esters is 1. The molecule has 1 rings (SSSR count). The summed E-state index contributed by atoms with van der Waals surface area (Å²) in [5.74, 6) is -0.277. The van der Waals surface area contributed by atoms with Gasteiger partial charge in [0.1, 0.15) is 11.6 Å². The summed E-state index contributed by atoms with van der Waals surface area (Å²) >= 11 is 0. The fourth-order valence-corrected chi connectivity index (χ4v) is 1.88. The van der Waals surface area contributed by atoms with Crippen LogP contribution < -0.4 is 5.56 Å². The van der Waals surface area contributed by atoms with Crippen molar-refractivity contribution in [3.05, 3.63) is 32.7 Å². The summed E-state index contributed by atoms with van der Waals surface area (Å²) < 4.78 is 4.85. The Labute approximate surface area is 105 Å². The summed E-state index contributed by atoms with van der Waals surface area (Å²) in [6.07, 6.45) is 0.703. The van der Waals surface area contributed by atoms with Crippen molar-refractivity contribution in [3.63, 3.8) is 0 Å². The van der Waals surface area contributed by atoms with Crippen LogP contribution in [0.15, 0.2) is 4.79 Å². The maximum absolute atomic E-state index is 11.5. The highest BCUT2D eigenvalue weighted by Crippen LogP contribution is 2.15. The van der Waals surface area contributed by atoms with Gasteiger partial charge in [0, 0.05) is 12.1 Å². The molecule has 0 saturated heterocycles. The predicted octanol–water partition coefficient (Wildman–Crippen LogP) is 1.36. The first-order valence-electron chi connectivity index (χ1n) is 5.79. The summed E-state index contributed by atoms with van der Waals surface area (Å²) in [6.45, 7) is 5.59. The Hall–Kier alpha value is -2.09. The predicted molar refractivity (Wildman–Crippen MR) is 66.2 cm³/mol. The molecule has 0 radical (unpaired) electrons. The lowest BCUT2D eigenvalue weighted by molar-refractivity contribution is -0.143. The molecule has 5 heteroatoms. The number of aromatic amines is 1. The monoisotopic (exact) mass is 248 g/mol. The summed E-state index contributed by atoms with van der Waals surface area (Å²) in [7, 11) is 0. The van der Waals surface area contributed by atoms with Crippen molar-refractivity contribution in [1.29, 1.82) is 5.26 Å². The Kier molecular flexibility index (Phi) is 4.67. The second-order valence-electron chi connectivity index (χ2n) is 3.97. The number of aryl methyl sites for hydroxylation is 1. The van der Waals surface area contributed by atoms with Crippen LogP contribution >= 0.6 is 0 Å². The van der Waals surface area contributed by atoms with E-state index in [1.807, 2.05) is 6.07 Å². The molecule has 96 valence electrons. The average Bonchev–Trinajstić information content (AvgIpc) is 2.29. The molecule has 0 saturated carbocycles. The molecule has 0 unspecified atom stereocenters. The van der Waals surface area contributed by atoms with Gasteiger partial charge < -0.3 is 9.72 Å². The minimum atomic E-state index is -0.382. The van der Waals surface area contributed by atoms with E-state index in [1.165, 1.54) is 0 Å². The summed E-state index contributed by atoms with van der Waals surface area (Å²) in [5.41, 5.74) is 1.90. The van der Waals surface area contributed by atoms with Crippen LogP contribution in [0.4, 0.5) is 0 Å². The number of nitrogens with one attached hydrogen (secondary N) is 1. The molecule has 0 aliphatic rings. The number of nitriles is 1. The maximum Gasteiger partial charge on any atom is 0.306 e. The van der Waals surface area contributed by atoms with Crippen LogP contribution in [-0.2, 0) is 16.0 Å². The zero-order valence-corrected chi connectivity index (χ0v) is 10.8. The summed E-state index contributed by atoms with van der Waals surface area (Å²) in [4.78, 5) is 25.4. The van der Waals surface area contributed by atoms with E-state index in [9.17, 15) is 9.59 Å². The molecule has 1 heterocycles. The number of H-pyrrole nitrogens is 1. The lowest BCUT2D eigenvalue weighted by Crippen LogP contribution is -2.17. The number of aromatic nitrogens is 1. The van der Waals surface area contributed by atoms with Gasteiger partial charge in [-0.05, 0) is 38.3 Å². The smallest absolute Gasteiger partial charge is 0.306 e. The molecule has 0 fully saturated rings. The van der Waals surface area contributed by atoms with E-state index in [4.69, 9.17) is 10.00 Å². The molecule has 0 spiro atoms. The van der Waals surface area contributed by atoms with Gasteiger partial charge in [-0.1, -0.05) is 0 Å². The second kappa shape index (κ2) is 6.01. The third-order valence-electron chi connectivity index (χ3n) is 2.80. The van der Waals surface area contributed by atoms with Gasteiger partial charge in [-0.25, -0.2) is 0 Å². The first-order valence-corrected chi connectivity index (χ1v) is 5.79. The molecule has 0 aliphatic carbocycles. The van der Waals surface area contributed by atoms with Gasteiger partial charge in [-0.3, -0.25) is 9.59 Å². The van der Waals surface area contributed by atoms with Crippen LogP contribution in [0.5, 0.6) is 0 Å². The molecule has 0 bridgehead atoms. The van der Waals surface area contributed by atoms with Crippen LogP contribution in [-0.4, -0.2) is 17.6 Å².